The topological polar surface area (TPSA) is 62.7 Å². The van der Waals surface area contributed by atoms with Gasteiger partial charge in [0.1, 0.15) is 12.1 Å². The molecular formula is C25H21FN6. The summed E-state index contributed by atoms with van der Waals surface area (Å²) in [6, 6.07) is 15.4. The molecule has 0 radical (unpaired) electrons. The van der Waals surface area contributed by atoms with Crippen LogP contribution in [-0.4, -0.2) is 32.4 Å². The number of nitrogens with zero attached hydrogens (tertiary/aromatic N) is 6. The Hall–Kier alpha value is -3.92. The fourth-order valence-electron chi connectivity index (χ4n) is 4.82. The smallest absolute Gasteiger partial charge is 0.185 e. The maximum absolute atomic E-state index is 15.2. The molecule has 4 aromatic rings. The number of rotatable bonds is 2. The number of benzene rings is 2. The molecule has 32 heavy (non-hydrogen) atoms. The molecule has 0 aliphatic carbocycles. The van der Waals surface area contributed by atoms with Crippen LogP contribution in [0, 0.1) is 17.1 Å². The molecule has 0 bridgehead atoms. The molecule has 2 aromatic heterocycles. The third kappa shape index (κ3) is 2.99. The van der Waals surface area contributed by atoms with Gasteiger partial charge in [-0.25, -0.2) is 4.39 Å². The van der Waals surface area contributed by atoms with Crippen LogP contribution in [0.4, 0.5) is 10.1 Å². The lowest BCUT2D eigenvalue weighted by Crippen LogP contribution is -2.30. The monoisotopic (exact) mass is 424 g/mol. The highest BCUT2D eigenvalue weighted by molar-refractivity contribution is 5.72. The lowest BCUT2D eigenvalue weighted by molar-refractivity contribution is 0.556. The molecular weight excluding hydrogens is 403 g/mol. The number of piperidine rings is 1. The Balaban J connectivity index is 1.46. The van der Waals surface area contributed by atoms with Crippen LogP contribution in [0.15, 0.2) is 55.0 Å². The average Bonchev–Trinajstić information content (AvgIpc) is 3.45. The molecule has 0 N–H and O–H groups in total. The second-order valence-corrected chi connectivity index (χ2v) is 8.44. The van der Waals surface area contributed by atoms with Gasteiger partial charge in [-0.15, -0.1) is 10.2 Å². The van der Waals surface area contributed by atoms with Gasteiger partial charge in [-0.3, -0.25) is 4.57 Å². The second kappa shape index (κ2) is 7.34. The van der Waals surface area contributed by atoms with Crippen molar-refractivity contribution in [2.75, 3.05) is 18.0 Å². The number of hydrogen-bond donors (Lipinski definition) is 0. The van der Waals surface area contributed by atoms with Crippen LogP contribution in [0.1, 0.15) is 30.4 Å². The van der Waals surface area contributed by atoms with Crippen LogP contribution in [0.3, 0.4) is 0 Å². The molecule has 0 atom stereocenters. The third-order valence-corrected chi connectivity index (χ3v) is 6.47. The van der Waals surface area contributed by atoms with Crippen molar-refractivity contribution in [2.45, 2.75) is 25.8 Å². The van der Waals surface area contributed by atoms with Crippen LogP contribution in [-0.2, 0) is 6.54 Å². The van der Waals surface area contributed by atoms with Crippen molar-refractivity contribution in [1.29, 1.82) is 5.26 Å². The van der Waals surface area contributed by atoms with E-state index in [4.69, 9.17) is 5.26 Å². The van der Waals surface area contributed by atoms with Gasteiger partial charge < -0.3 is 9.47 Å². The summed E-state index contributed by atoms with van der Waals surface area (Å²) in [5, 5.41) is 17.5. The highest BCUT2D eigenvalue weighted by Gasteiger charge is 2.25. The molecule has 7 heteroatoms. The molecule has 0 unspecified atom stereocenters. The zero-order valence-corrected chi connectivity index (χ0v) is 17.5. The summed E-state index contributed by atoms with van der Waals surface area (Å²) in [7, 11) is 0. The number of nitriles is 1. The molecule has 0 spiro atoms. The molecule has 2 aliphatic heterocycles. The molecule has 0 saturated carbocycles. The van der Waals surface area contributed by atoms with E-state index in [9.17, 15) is 0 Å². The van der Waals surface area contributed by atoms with Crippen LogP contribution < -0.4 is 4.90 Å². The normalized spacial score (nSPS) is 14.8. The van der Waals surface area contributed by atoms with Crippen LogP contribution in [0.5, 0.6) is 0 Å². The van der Waals surface area contributed by atoms with E-state index < -0.39 is 0 Å². The fraction of sp³-hybridized carbons (Fsp3) is 0.240. The van der Waals surface area contributed by atoms with Crippen molar-refractivity contribution in [3.63, 3.8) is 0 Å². The van der Waals surface area contributed by atoms with Gasteiger partial charge in [-0.2, -0.15) is 5.26 Å². The van der Waals surface area contributed by atoms with E-state index in [-0.39, 0.29) is 5.82 Å². The summed E-state index contributed by atoms with van der Waals surface area (Å²) < 4.78 is 19.2. The van der Waals surface area contributed by atoms with Crippen LogP contribution in [0.25, 0.3) is 28.3 Å². The van der Waals surface area contributed by atoms with E-state index in [0.717, 1.165) is 54.0 Å². The van der Waals surface area contributed by atoms with Gasteiger partial charge in [-0.05, 0) is 54.7 Å². The Morgan fingerprint density at radius 3 is 2.53 bits per heavy atom. The Kier molecular flexibility index (Phi) is 4.32. The molecule has 2 aromatic carbocycles. The van der Waals surface area contributed by atoms with E-state index in [2.05, 4.69) is 38.0 Å². The third-order valence-electron chi connectivity index (χ3n) is 6.47. The summed E-state index contributed by atoms with van der Waals surface area (Å²) in [4.78, 5) is 2.16. The van der Waals surface area contributed by atoms with E-state index in [1.54, 1.807) is 12.4 Å². The van der Waals surface area contributed by atoms with Crippen molar-refractivity contribution in [3.05, 3.63) is 71.9 Å². The number of anilines is 1. The minimum absolute atomic E-state index is 0.199. The molecule has 2 aliphatic rings. The number of fused-ring (bicyclic) bond motifs is 5. The number of hydrogen-bond acceptors (Lipinski definition) is 4. The summed E-state index contributed by atoms with van der Waals surface area (Å²) in [6.45, 7) is 2.40. The fourth-order valence-corrected chi connectivity index (χ4v) is 4.82. The van der Waals surface area contributed by atoms with Gasteiger partial charge in [0.05, 0.1) is 28.7 Å². The first-order valence-corrected chi connectivity index (χ1v) is 10.9. The summed E-state index contributed by atoms with van der Waals surface area (Å²) in [5.74, 6) is 0.490. The molecule has 158 valence electrons. The van der Waals surface area contributed by atoms with Crippen molar-refractivity contribution in [2.24, 2.45) is 0 Å². The molecule has 1 saturated heterocycles. The quantitative estimate of drug-likeness (QED) is 0.410. The first kappa shape index (κ1) is 18.8. The molecule has 4 heterocycles. The van der Waals surface area contributed by atoms with Gasteiger partial charge in [0.2, 0.25) is 0 Å². The molecule has 1 fully saturated rings. The summed E-state index contributed by atoms with van der Waals surface area (Å²) in [5.41, 5.74) is 6.14. The Morgan fingerprint density at radius 2 is 1.75 bits per heavy atom. The van der Waals surface area contributed by atoms with E-state index >= 15 is 4.39 Å². The number of halogens is 1. The summed E-state index contributed by atoms with van der Waals surface area (Å²) in [6.07, 6.45) is 7.15. The van der Waals surface area contributed by atoms with Gasteiger partial charge in [0.25, 0.3) is 0 Å². The maximum Gasteiger partial charge on any atom is 0.185 e. The zero-order chi connectivity index (χ0) is 21.7. The SMILES string of the molecule is N#Cc1ccc(-c2cc3n(c2)Cc2cc(N4CCCCC4)c(F)cc2-n2cnnc2-3)cc1. The lowest BCUT2D eigenvalue weighted by Gasteiger charge is -2.30. The highest BCUT2D eigenvalue weighted by Crippen LogP contribution is 2.36. The molecule has 0 amide bonds. The Morgan fingerprint density at radius 1 is 0.938 bits per heavy atom. The predicted octanol–water partition coefficient (Wildman–Crippen LogP) is 4.77. The van der Waals surface area contributed by atoms with Gasteiger partial charge in [0.15, 0.2) is 5.82 Å². The first-order chi connectivity index (χ1) is 15.7. The van der Waals surface area contributed by atoms with Crippen molar-refractivity contribution in [3.8, 4) is 34.4 Å². The standard InChI is InChI=1S/C25H21FN6/c26-21-12-22-20(11-23(21)30-8-2-1-3-9-30)15-31-14-19(18-6-4-17(13-27)5-7-18)10-24(31)25-29-28-16-32(22)25/h4-7,10-12,14,16H,1-3,8-9,15H2. The van der Waals surface area contributed by atoms with Crippen molar-refractivity contribution < 1.29 is 4.39 Å². The highest BCUT2D eigenvalue weighted by atomic mass is 19.1. The van der Waals surface area contributed by atoms with Crippen molar-refractivity contribution in [1.82, 2.24) is 19.3 Å². The van der Waals surface area contributed by atoms with Gasteiger partial charge >= 0.3 is 0 Å². The molecule has 6 nitrogen and oxygen atoms in total. The maximum atomic E-state index is 15.2. The first-order valence-electron chi connectivity index (χ1n) is 10.9. The van der Waals surface area contributed by atoms with Crippen LogP contribution in [0.2, 0.25) is 0 Å². The minimum Gasteiger partial charge on any atom is -0.369 e. The van der Waals surface area contributed by atoms with E-state index in [0.29, 0.717) is 23.6 Å². The molecule has 6 rings (SSSR count). The van der Waals surface area contributed by atoms with Gasteiger partial charge in [-0.1, -0.05) is 12.1 Å². The van der Waals surface area contributed by atoms with Gasteiger partial charge in [0, 0.05) is 37.5 Å². The predicted molar refractivity (Wildman–Crippen MR) is 120 cm³/mol. The van der Waals surface area contributed by atoms with Crippen LogP contribution >= 0.6 is 0 Å². The largest absolute Gasteiger partial charge is 0.369 e. The Bertz CT molecular complexity index is 1350. The summed E-state index contributed by atoms with van der Waals surface area (Å²) >= 11 is 0. The second-order valence-electron chi connectivity index (χ2n) is 8.44. The Labute approximate surface area is 185 Å². The minimum atomic E-state index is -0.199. The van der Waals surface area contributed by atoms with E-state index in [1.165, 1.54) is 6.42 Å². The van der Waals surface area contributed by atoms with E-state index in [1.807, 2.05) is 34.9 Å². The number of aromatic nitrogens is 4. The lowest BCUT2D eigenvalue weighted by atomic mass is 10.1. The zero-order valence-electron chi connectivity index (χ0n) is 17.5. The van der Waals surface area contributed by atoms with Crippen molar-refractivity contribution >= 4 is 5.69 Å². The average molecular weight is 424 g/mol.